The molecule has 24 heavy (non-hydrogen) atoms. The number of amides is 2. The Morgan fingerprint density at radius 1 is 1.42 bits per heavy atom. The SMILES string of the molecule is CC(NC(=O)C[C@@H]1CCC[C@H]1N)c1ccc2c(c1)CC(=O)N2C.Cl. The Labute approximate surface area is 149 Å². The van der Waals surface area contributed by atoms with E-state index in [9.17, 15) is 9.59 Å². The van der Waals surface area contributed by atoms with Gasteiger partial charge in [-0.1, -0.05) is 18.6 Å². The molecule has 3 atom stereocenters. The Morgan fingerprint density at radius 3 is 2.83 bits per heavy atom. The predicted molar refractivity (Wildman–Crippen MR) is 97.3 cm³/mol. The predicted octanol–water partition coefficient (Wildman–Crippen LogP) is 2.32. The molecule has 1 aromatic rings. The van der Waals surface area contributed by atoms with Crippen molar-refractivity contribution in [1.82, 2.24) is 5.32 Å². The lowest BCUT2D eigenvalue weighted by atomic mass is 9.99. The summed E-state index contributed by atoms with van der Waals surface area (Å²) in [4.78, 5) is 25.7. The van der Waals surface area contributed by atoms with Crippen LogP contribution in [0, 0.1) is 5.92 Å². The molecule has 3 rings (SSSR count). The lowest BCUT2D eigenvalue weighted by Crippen LogP contribution is -2.32. The van der Waals surface area contributed by atoms with E-state index < -0.39 is 0 Å². The third-order valence-electron chi connectivity index (χ3n) is 5.22. The molecule has 1 fully saturated rings. The molecule has 1 aliphatic heterocycles. The van der Waals surface area contributed by atoms with E-state index >= 15 is 0 Å². The molecule has 0 saturated heterocycles. The zero-order valence-electron chi connectivity index (χ0n) is 14.2. The molecule has 0 radical (unpaired) electrons. The number of hydrogen-bond donors (Lipinski definition) is 2. The van der Waals surface area contributed by atoms with Crippen molar-refractivity contribution in [3.63, 3.8) is 0 Å². The molecule has 1 aromatic carbocycles. The molecular formula is C18H26ClN3O2. The maximum atomic E-state index is 12.2. The van der Waals surface area contributed by atoms with Crippen LogP contribution < -0.4 is 16.0 Å². The van der Waals surface area contributed by atoms with E-state index in [0.29, 0.717) is 18.8 Å². The van der Waals surface area contributed by atoms with Gasteiger partial charge in [-0.2, -0.15) is 0 Å². The molecule has 2 amide bonds. The van der Waals surface area contributed by atoms with Crippen LogP contribution in [0.4, 0.5) is 5.69 Å². The molecule has 0 spiro atoms. The van der Waals surface area contributed by atoms with Gasteiger partial charge in [0.2, 0.25) is 11.8 Å². The van der Waals surface area contributed by atoms with Gasteiger partial charge < -0.3 is 16.0 Å². The van der Waals surface area contributed by atoms with Gasteiger partial charge in [0.1, 0.15) is 0 Å². The third kappa shape index (κ3) is 3.73. The monoisotopic (exact) mass is 351 g/mol. The number of rotatable bonds is 4. The number of carbonyl (C=O) groups excluding carboxylic acids is 2. The number of nitrogens with one attached hydrogen (secondary N) is 1. The number of benzene rings is 1. The maximum Gasteiger partial charge on any atom is 0.231 e. The number of fused-ring (bicyclic) bond motifs is 1. The molecule has 0 bridgehead atoms. The van der Waals surface area contributed by atoms with E-state index in [-0.39, 0.29) is 36.3 Å². The fourth-order valence-electron chi connectivity index (χ4n) is 3.70. The number of likely N-dealkylation sites (N-methyl/N-ethyl adjacent to an activating group) is 1. The van der Waals surface area contributed by atoms with Crippen LogP contribution in [0.1, 0.15) is 49.8 Å². The molecule has 2 aliphatic rings. The average molecular weight is 352 g/mol. The van der Waals surface area contributed by atoms with Crippen molar-refractivity contribution in [2.24, 2.45) is 11.7 Å². The van der Waals surface area contributed by atoms with Crippen LogP contribution in [-0.2, 0) is 16.0 Å². The van der Waals surface area contributed by atoms with Gasteiger partial charge in [-0.15, -0.1) is 12.4 Å². The van der Waals surface area contributed by atoms with E-state index in [1.165, 1.54) is 0 Å². The average Bonchev–Trinajstić information content (AvgIpc) is 3.03. The van der Waals surface area contributed by atoms with Gasteiger partial charge >= 0.3 is 0 Å². The lowest BCUT2D eigenvalue weighted by molar-refractivity contribution is -0.122. The van der Waals surface area contributed by atoms with Crippen molar-refractivity contribution in [1.29, 1.82) is 0 Å². The number of nitrogens with two attached hydrogens (primary N) is 1. The molecule has 1 saturated carbocycles. The molecule has 1 aliphatic carbocycles. The second-order valence-electron chi connectivity index (χ2n) is 6.87. The van der Waals surface area contributed by atoms with Crippen LogP contribution in [0.5, 0.6) is 0 Å². The fourth-order valence-corrected chi connectivity index (χ4v) is 3.70. The van der Waals surface area contributed by atoms with E-state index in [1.807, 2.05) is 25.1 Å². The van der Waals surface area contributed by atoms with Gasteiger partial charge in [0.15, 0.2) is 0 Å². The van der Waals surface area contributed by atoms with Gasteiger partial charge in [0.25, 0.3) is 0 Å². The summed E-state index contributed by atoms with van der Waals surface area (Å²) in [5.41, 5.74) is 9.08. The zero-order valence-corrected chi connectivity index (χ0v) is 15.1. The molecule has 6 heteroatoms. The largest absolute Gasteiger partial charge is 0.350 e. The van der Waals surface area contributed by atoms with E-state index in [1.54, 1.807) is 11.9 Å². The summed E-state index contributed by atoms with van der Waals surface area (Å²) in [6, 6.07) is 6.08. The van der Waals surface area contributed by atoms with Crippen molar-refractivity contribution in [3.8, 4) is 0 Å². The van der Waals surface area contributed by atoms with Crippen LogP contribution >= 0.6 is 12.4 Å². The summed E-state index contributed by atoms with van der Waals surface area (Å²) in [5.74, 6) is 0.492. The van der Waals surface area contributed by atoms with Gasteiger partial charge in [-0.25, -0.2) is 0 Å². The second kappa shape index (κ2) is 7.53. The van der Waals surface area contributed by atoms with E-state index in [2.05, 4.69) is 5.32 Å². The summed E-state index contributed by atoms with van der Waals surface area (Å²) in [6.45, 7) is 1.98. The van der Waals surface area contributed by atoms with Crippen LogP contribution in [-0.4, -0.2) is 24.9 Å². The van der Waals surface area contributed by atoms with E-state index in [4.69, 9.17) is 5.73 Å². The van der Waals surface area contributed by atoms with E-state index in [0.717, 1.165) is 36.1 Å². The number of halogens is 1. The second-order valence-corrected chi connectivity index (χ2v) is 6.87. The van der Waals surface area contributed by atoms with Crippen LogP contribution in [0.15, 0.2) is 18.2 Å². The molecular weight excluding hydrogens is 326 g/mol. The molecule has 0 aromatic heterocycles. The normalized spacial score (nSPS) is 23.6. The van der Waals surface area contributed by atoms with Crippen molar-refractivity contribution >= 4 is 29.9 Å². The number of anilines is 1. The minimum Gasteiger partial charge on any atom is -0.350 e. The summed E-state index contributed by atoms with van der Waals surface area (Å²) in [6.07, 6.45) is 4.16. The quantitative estimate of drug-likeness (QED) is 0.874. The first-order chi connectivity index (χ1) is 11.0. The number of carbonyl (C=O) groups is 2. The number of hydrogen-bond acceptors (Lipinski definition) is 3. The Hall–Kier alpha value is -1.59. The van der Waals surface area contributed by atoms with Crippen molar-refractivity contribution in [3.05, 3.63) is 29.3 Å². The molecule has 132 valence electrons. The molecule has 3 N–H and O–H groups in total. The molecule has 1 heterocycles. The van der Waals surface area contributed by atoms with Crippen molar-refractivity contribution in [2.75, 3.05) is 11.9 Å². The smallest absolute Gasteiger partial charge is 0.231 e. The first-order valence-corrected chi connectivity index (χ1v) is 8.40. The first kappa shape index (κ1) is 18.7. The Balaban J connectivity index is 0.00000208. The Bertz CT molecular complexity index is 635. The summed E-state index contributed by atoms with van der Waals surface area (Å²) < 4.78 is 0. The van der Waals surface area contributed by atoms with Gasteiger partial charge in [-0.05, 0) is 42.9 Å². The lowest BCUT2D eigenvalue weighted by Gasteiger charge is -2.19. The van der Waals surface area contributed by atoms with Crippen LogP contribution in [0.2, 0.25) is 0 Å². The number of nitrogens with zero attached hydrogens (tertiary/aromatic N) is 1. The third-order valence-corrected chi connectivity index (χ3v) is 5.22. The highest BCUT2D eigenvalue weighted by Gasteiger charge is 2.27. The summed E-state index contributed by atoms with van der Waals surface area (Å²) in [5, 5.41) is 3.06. The highest BCUT2D eigenvalue weighted by molar-refractivity contribution is 6.00. The summed E-state index contributed by atoms with van der Waals surface area (Å²) >= 11 is 0. The van der Waals surface area contributed by atoms with Crippen LogP contribution in [0.25, 0.3) is 0 Å². The molecule has 5 nitrogen and oxygen atoms in total. The van der Waals surface area contributed by atoms with Crippen molar-refractivity contribution < 1.29 is 9.59 Å². The Kier molecular flexibility index (Phi) is 5.88. The van der Waals surface area contributed by atoms with Gasteiger partial charge in [0.05, 0.1) is 12.5 Å². The maximum absolute atomic E-state index is 12.2. The minimum absolute atomic E-state index is 0. The highest BCUT2D eigenvalue weighted by atomic mass is 35.5. The highest BCUT2D eigenvalue weighted by Crippen LogP contribution is 2.30. The first-order valence-electron chi connectivity index (χ1n) is 8.40. The van der Waals surface area contributed by atoms with Gasteiger partial charge in [-0.3, -0.25) is 9.59 Å². The fraction of sp³-hybridized carbons (Fsp3) is 0.556. The van der Waals surface area contributed by atoms with Crippen molar-refractivity contribution in [2.45, 2.75) is 51.1 Å². The topological polar surface area (TPSA) is 75.4 Å². The van der Waals surface area contributed by atoms with Crippen LogP contribution in [0.3, 0.4) is 0 Å². The van der Waals surface area contributed by atoms with Gasteiger partial charge in [0, 0.05) is 25.2 Å². The zero-order chi connectivity index (χ0) is 16.6. The standard InChI is InChI=1S/C18H25N3O2.ClH/c1-11(20-17(22)9-13-4-3-5-15(13)19)12-6-7-16-14(8-12)10-18(23)21(16)2;/h6-8,11,13,15H,3-5,9-10,19H2,1-2H3,(H,20,22);1H/t11?,13-,15+;/m0./s1. The Morgan fingerprint density at radius 2 is 2.17 bits per heavy atom. The minimum atomic E-state index is -0.0635. The summed E-state index contributed by atoms with van der Waals surface area (Å²) in [7, 11) is 1.80. The molecule has 1 unspecified atom stereocenters.